The van der Waals surface area contributed by atoms with E-state index in [-0.39, 0.29) is 12.2 Å². The Hall–Kier alpha value is -3.77. The molecule has 3 rings (SSSR count). The number of urea groups is 1. The predicted molar refractivity (Wildman–Crippen MR) is 144 cm³/mol. The SMILES string of the molecule is CCOc1ccc(Br)cc1/C=N\N[C@H](O)COc1ccc([C@@H]2NC(=O)NC(C)=C2C(=O)OC)cc1OCC. The number of halogens is 1. The van der Waals surface area contributed by atoms with E-state index < -0.39 is 24.3 Å². The maximum Gasteiger partial charge on any atom is 0.337 e. The van der Waals surface area contributed by atoms with Gasteiger partial charge in [-0.15, -0.1) is 0 Å². The van der Waals surface area contributed by atoms with Crippen LogP contribution in [-0.4, -0.2) is 56.5 Å². The van der Waals surface area contributed by atoms with Crippen LogP contribution in [0.1, 0.15) is 37.9 Å². The number of amides is 2. The Kier molecular flexibility index (Phi) is 10.4. The van der Waals surface area contributed by atoms with E-state index in [1.807, 2.05) is 32.0 Å². The van der Waals surface area contributed by atoms with Crippen molar-refractivity contribution >= 4 is 34.1 Å². The first-order valence-corrected chi connectivity index (χ1v) is 12.7. The number of allylic oxidation sites excluding steroid dienone is 1. The second-order valence-electron chi connectivity index (χ2n) is 8.03. The third-order valence-corrected chi connectivity index (χ3v) is 5.86. The number of aliphatic hydroxyl groups excluding tert-OH is 1. The fourth-order valence-corrected chi connectivity index (χ4v) is 4.10. The molecular weight excluding hydrogens is 560 g/mol. The first-order chi connectivity index (χ1) is 18.3. The van der Waals surface area contributed by atoms with Crippen LogP contribution < -0.4 is 30.3 Å². The molecule has 0 radical (unpaired) electrons. The Morgan fingerprint density at radius 1 is 1.13 bits per heavy atom. The highest BCUT2D eigenvalue weighted by atomic mass is 79.9. The van der Waals surface area contributed by atoms with Crippen LogP contribution in [-0.2, 0) is 9.53 Å². The molecular formula is C26H31BrN4O7. The molecule has 0 spiro atoms. The number of rotatable bonds is 12. The van der Waals surface area contributed by atoms with Gasteiger partial charge in [-0.3, -0.25) is 5.43 Å². The number of nitrogens with one attached hydrogen (secondary N) is 3. The van der Waals surface area contributed by atoms with Crippen LogP contribution >= 0.6 is 15.9 Å². The first kappa shape index (κ1) is 28.8. The van der Waals surface area contributed by atoms with E-state index in [0.29, 0.717) is 41.7 Å². The highest BCUT2D eigenvalue weighted by Crippen LogP contribution is 2.35. The summed E-state index contributed by atoms with van der Waals surface area (Å²) >= 11 is 3.42. The topological polar surface area (TPSA) is 140 Å². The molecule has 0 saturated heterocycles. The van der Waals surface area contributed by atoms with Crippen LogP contribution in [0.2, 0.25) is 0 Å². The molecule has 2 atom stereocenters. The van der Waals surface area contributed by atoms with Crippen LogP contribution in [0.5, 0.6) is 17.2 Å². The molecule has 2 aromatic rings. The monoisotopic (exact) mass is 590 g/mol. The van der Waals surface area contributed by atoms with Gasteiger partial charge in [-0.25, -0.2) is 9.59 Å². The molecule has 0 unspecified atom stereocenters. The summed E-state index contributed by atoms with van der Waals surface area (Å²) in [6.45, 7) is 6.06. The number of carbonyl (C=O) groups excluding carboxylic acids is 2. The summed E-state index contributed by atoms with van der Waals surface area (Å²) < 4.78 is 22.8. The molecule has 1 heterocycles. The van der Waals surface area contributed by atoms with Gasteiger partial charge in [0.2, 0.25) is 0 Å². The standard InChI is InChI=1S/C26H31BrN4O7/c1-5-36-19-10-8-18(27)11-17(19)13-28-31-22(32)14-38-20-9-7-16(12-21(20)37-6-2)24-23(25(33)35-4)15(3)29-26(34)30-24/h7-13,22,24,31-32H,5-6,14H2,1-4H3,(H2,29,30,34)/b28-13-/t22-,24+/m1/s1. The van der Waals surface area contributed by atoms with Gasteiger partial charge in [-0.05, 0) is 56.7 Å². The van der Waals surface area contributed by atoms with Crippen LogP contribution in [0, 0.1) is 0 Å². The lowest BCUT2D eigenvalue weighted by molar-refractivity contribution is -0.136. The quantitative estimate of drug-likeness (QED) is 0.128. The Morgan fingerprint density at radius 2 is 1.84 bits per heavy atom. The third-order valence-electron chi connectivity index (χ3n) is 5.37. The van der Waals surface area contributed by atoms with E-state index in [1.54, 1.807) is 31.3 Å². The largest absolute Gasteiger partial charge is 0.493 e. The highest BCUT2D eigenvalue weighted by molar-refractivity contribution is 9.10. The smallest absolute Gasteiger partial charge is 0.337 e. The van der Waals surface area contributed by atoms with Crippen molar-refractivity contribution in [2.75, 3.05) is 26.9 Å². The number of hydrazone groups is 1. The molecule has 0 fully saturated rings. The molecule has 38 heavy (non-hydrogen) atoms. The molecule has 0 aliphatic carbocycles. The lowest BCUT2D eigenvalue weighted by Crippen LogP contribution is -2.45. The second-order valence-corrected chi connectivity index (χ2v) is 8.95. The van der Waals surface area contributed by atoms with Crippen molar-refractivity contribution in [2.45, 2.75) is 33.0 Å². The van der Waals surface area contributed by atoms with Crippen molar-refractivity contribution in [1.29, 1.82) is 0 Å². The maximum absolute atomic E-state index is 12.4. The average molecular weight is 591 g/mol. The maximum atomic E-state index is 12.4. The number of aliphatic hydroxyl groups is 1. The van der Waals surface area contributed by atoms with E-state index in [2.05, 4.69) is 37.1 Å². The van der Waals surface area contributed by atoms with E-state index in [4.69, 9.17) is 18.9 Å². The van der Waals surface area contributed by atoms with Gasteiger partial charge < -0.3 is 34.7 Å². The Labute approximate surface area is 229 Å². The van der Waals surface area contributed by atoms with Crippen molar-refractivity contribution in [2.24, 2.45) is 5.10 Å². The molecule has 1 aliphatic rings. The van der Waals surface area contributed by atoms with Gasteiger partial charge in [-0.1, -0.05) is 22.0 Å². The van der Waals surface area contributed by atoms with Crippen LogP contribution in [0.3, 0.4) is 0 Å². The molecule has 12 heteroatoms. The van der Waals surface area contributed by atoms with Crippen molar-refractivity contribution in [1.82, 2.24) is 16.1 Å². The zero-order chi connectivity index (χ0) is 27.7. The van der Waals surface area contributed by atoms with E-state index >= 15 is 0 Å². The minimum atomic E-state index is -1.12. The second kappa shape index (κ2) is 13.7. The highest BCUT2D eigenvalue weighted by Gasteiger charge is 2.32. The normalized spacial score (nSPS) is 15.9. The van der Waals surface area contributed by atoms with Gasteiger partial charge in [0.05, 0.1) is 38.2 Å². The Morgan fingerprint density at radius 3 is 2.55 bits per heavy atom. The number of hydrogen-bond donors (Lipinski definition) is 4. The zero-order valence-electron chi connectivity index (χ0n) is 21.5. The van der Waals surface area contributed by atoms with Gasteiger partial charge in [0.25, 0.3) is 0 Å². The molecule has 2 amide bonds. The third kappa shape index (κ3) is 7.39. The summed E-state index contributed by atoms with van der Waals surface area (Å²) in [5, 5.41) is 19.7. The van der Waals surface area contributed by atoms with E-state index in [9.17, 15) is 14.7 Å². The summed E-state index contributed by atoms with van der Waals surface area (Å²) in [4.78, 5) is 24.5. The van der Waals surface area contributed by atoms with Gasteiger partial charge in [0.15, 0.2) is 17.7 Å². The van der Waals surface area contributed by atoms with Crippen LogP contribution in [0.25, 0.3) is 0 Å². The Bertz CT molecular complexity index is 1220. The minimum Gasteiger partial charge on any atom is -0.493 e. The van der Waals surface area contributed by atoms with Crippen molar-refractivity contribution in [3.05, 3.63) is 63.3 Å². The summed E-state index contributed by atoms with van der Waals surface area (Å²) in [6, 6.07) is 9.37. The fourth-order valence-electron chi connectivity index (χ4n) is 3.72. The summed E-state index contributed by atoms with van der Waals surface area (Å²) in [5.74, 6) is 0.848. The minimum absolute atomic E-state index is 0.135. The number of esters is 1. The number of benzene rings is 2. The first-order valence-electron chi connectivity index (χ1n) is 11.9. The van der Waals surface area contributed by atoms with Crippen molar-refractivity contribution in [3.63, 3.8) is 0 Å². The molecule has 11 nitrogen and oxygen atoms in total. The number of ether oxygens (including phenoxy) is 4. The van der Waals surface area contributed by atoms with Crippen molar-refractivity contribution in [3.8, 4) is 17.2 Å². The summed E-state index contributed by atoms with van der Waals surface area (Å²) in [6.07, 6.45) is 0.421. The van der Waals surface area contributed by atoms with Crippen molar-refractivity contribution < 1.29 is 33.6 Å². The molecule has 0 saturated carbocycles. The van der Waals surface area contributed by atoms with Gasteiger partial charge in [-0.2, -0.15) is 5.10 Å². The molecule has 1 aliphatic heterocycles. The van der Waals surface area contributed by atoms with Gasteiger partial charge in [0, 0.05) is 15.7 Å². The van der Waals surface area contributed by atoms with Gasteiger partial charge in [0.1, 0.15) is 12.4 Å². The number of carbonyl (C=O) groups is 2. The zero-order valence-corrected chi connectivity index (χ0v) is 23.1. The number of hydrogen-bond acceptors (Lipinski definition) is 9. The predicted octanol–water partition coefficient (Wildman–Crippen LogP) is 3.37. The lowest BCUT2D eigenvalue weighted by atomic mass is 9.95. The van der Waals surface area contributed by atoms with E-state index in [1.165, 1.54) is 7.11 Å². The molecule has 0 aromatic heterocycles. The lowest BCUT2D eigenvalue weighted by Gasteiger charge is -2.28. The number of nitrogens with zero attached hydrogens (tertiary/aromatic N) is 1. The summed E-state index contributed by atoms with van der Waals surface area (Å²) in [7, 11) is 1.28. The molecule has 0 bridgehead atoms. The Balaban J connectivity index is 1.71. The van der Waals surface area contributed by atoms with Crippen LogP contribution in [0.15, 0.2) is 57.2 Å². The average Bonchev–Trinajstić information content (AvgIpc) is 2.89. The van der Waals surface area contributed by atoms with Gasteiger partial charge >= 0.3 is 12.0 Å². The number of methoxy groups -OCH3 is 1. The molecule has 4 N–H and O–H groups in total. The fraction of sp³-hybridized carbons (Fsp3) is 0.346. The molecule has 204 valence electrons. The molecule has 2 aromatic carbocycles. The van der Waals surface area contributed by atoms with E-state index in [0.717, 1.165) is 10.0 Å². The van der Waals surface area contributed by atoms with Crippen LogP contribution in [0.4, 0.5) is 4.79 Å². The summed E-state index contributed by atoms with van der Waals surface area (Å²) in [5.41, 5.74) is 4.62.